The average Bonchev–Trinajstić information content (AvgIpc) is 2.27. The van der Waals surface area contributed by atoms with Crippen molar-refractivity contribution in [3.63, 3.8) is 0 Å². The number of rotatable bonds is 10. The SMILES string of the molecule is CCOC(C)(C)CCCC(C)C/C=C/C(C)=C/C(C)=O. The van der Waals surface area contributed by atoms with Crippen LogP contribution in [0.1, 0.15) is 67.2 Å². The van der Waals surface area contributed by atoms with Gasteiger partial charge in [0, 0.05) is 6.61 Å². The van der Waals surface area contributed by atoms with Crippen LogP contribution in [0.25, 0.3) is 0 Å². The summed E-state index contributed by atoms with van der Waals surface area (Å²) in [5, 5.41) is 0. The molecule has 20 heavy (non-hydrogen) atoms. The van der Waals surface area contributed by atoms with Crippen LogP contribution in [0, 0.1) is 5.92 Å². The normalized spacial score (nSPS) is 14.8. The number of allylic oxidation sites excluding steroid dienone is 4. The molecular formula is C18H32O2. The highest BCUT2D eigenvalue weighted by atomic mass is 16.5. The summed E-state index contributed by atoms with van der Waals surface area (Å²) in [6, 6.07) is 0. The maximum atomic E-state index is 10.9. The van der Waals surface area contributed by atoms with E-state index in [-0.39, 0.29) is 11.4 Å². The molecule has 0 rings (SSSR count). The van der Waals surface area contributed by atoms with Crippen LogP contribution in [0.2, 0.25) is 0 Å². The molecule has 2 heteroatoms. The van der Waals surface area contributed by atoms with E-state index >= 15 is 0 Å². The van der Waals surface area contributed by atoms with Gasteiger partial charge in [0.2, 0.25) is 0 Å². The van der Waals surface area contributed by atoms with Gasteiger partial charge in [-0.3, -0.25) is 4.79 Å². The molecule has 0 saturated carbocycles. The van der Waals surface area contributed by atoms with Gasteiger partial charge in [0.1, 0.15) is 0 Å². The highest BCUT2D eigenvalue weighted by molar-refractivity contribution is 5.88. The number of hydrogen-bond acceptors (Lipinski definition) is 2. The molecule has 0 aromatic carbocycles. The Morgan fingerprint density at radius 3 is 2.50 bits per heavy atom. The summed E-state index contributed by atoms with van der Waals surface area (Å²) in [5.74, 6) is 0.784. The van der Waals surface area contributed by atoms with Crippen LogP contribution in [-0.4, -0.2) is 18.0 Å². The van der Waals surface area contributed by atoms with Crippen LogP contribution in [0.3, 0.4) is 0 Å². The van der Waals surface area contributed by atoms with Crippen LogP contribution in [-0.2, 0) is 9.53 Å². The van der Waals surface area contributed by atoms with Crippen molar-refractivity contribution in [1.82, 2.24) is 0 Å². The fraction of sp³-hybridized carbons (Fsp3) is 0.722. The summed E-state index contributed by atoms with van der Waals surface area (Å²) in [5.41, 5.74) is 1.03. The van der Waals surface area contributed by atoms with Gasteiger partial charge in [-0.05, 0) is 65.0 Å². The first-order valence-corrected chi connectivity index (χ1v) is 7.76. The lowest BCUT2D eigenvalue weighted by Crippen LogP contribution is -2.24. The van der Waals surface area contributed by atoms with E-state index in [1.165, 1.54) is 12.8 Å². The molecule has 0 aliphatic carbocycles. The van der Waals surface area contributed by atoms with Crippen molar-refractivity contribution in [2.24, 2.45) is 5.92 Å². The molecular weight excluding hydrogens is 248 g/mol. The van der Waals surface area contributed by atoms with Gasteiger partial charge < -0.3 is 4.74 Å². The van der Waals surface area contributed by atoms with Gasteiger partial charge in [-0.25, -0.2) is 0 Å². The lowest BCUT2D eigenvalue weighted by molar-refractivity contribution is -0.112. The zero-order valence-corrected chi connectivity index (χ0v) is 14.2. The predicted molar refractivity (Wildman–Crippen MR) is 86.9 cm³/mol. The molecule has 0 fully saturated rings. The van der Waals surface area contributed by atoms with E-state index in [4.69, 9.17) is 4.74 Å². The number of hydrogen-bond donors (Lipinski definition) is 0. The van der Waals surface area contributed by atoms with Crippen molar-refractivity contribution in [2.45, 2.75) is 72.8 Å². The molecule has 0 saturated heterocycles. The van der Waals surface area contributed by atoms with Crippen LogP contribution in [0.4, 0.5) is 0 Å². The second-order valence-corrected chi connectivity index (χ2v) is 6.33. The highest BCUT2D eigenvalue weighted by Crippen LogP contribution is 2.21. The minimum Gasteiger partial charge on any atom is -0.376 e. The summed E-state index contributed by atoms with van der Waals surface area (Å²) in [4.78, 5) is 10.9. The Morgan fingerprint density at radius 2 is 1.95 bits per heavy atom. The monoisotopic (exact) mass is 280 g/mol. The van der Waals surface area contributed by atoms with Crippen molar-refractivity contribution in [3.8, 4) is 0 Å². The Hall–Kier alpha value is -0.890. The van der Waals surface area contributed by atoms with E-state index in [0.717, 1.165) is 25.0 Å². The molecule has 0 N–H and O–H groups in total. The van der Waals surface area contributed by atoms with Crippen LogP contribution >= 0.6 is 0 Å². The predicted octanol–water partition coefficient (Wildman–Crippen LogP) is 5.09. The van der Waals surface area contributed by atoms with Crippen LogP contribution in [0.5, 0.6) is 0 Å². The Balaban J connectivity index is 3.93. The third-order valence-corrected chi connectivity index (χ3v) is 3.36. The van der Waals surface area contributed by atoms with E-state index < -0.39 is 0 Å². The van der Waals surface area contributed by atoms with Crippen molar-refractivity contribution >= 4 is 5.78 Å². The van der Waals surface area contributed by atoms with Gasteiger partial charge in [-0.2, -0.15) is 0 Å². The molecule has 1 unspecified atom stereocenters. The third kappa shape index (κ3) is 11.0. The summed E-state index contributed by atoms with van der Waals surface area (Å²) in [6.45, 7) is 13.0. The van der Waals surface area contributed by atoms with E-state index in [1.54, 1.807) is 13.0 Å². The van der Waals surface area contributed by atoms with Gasteiger partial charge >= 0.3 is 0 Å². The summed E-state index contributed by atoms with van der Waals surface area (Å²) >= 11 is 0. The topological polar surface area (TPSA) is 26.3 Å². The molecule has 0 radical (unpaired) electrons. The van der Waals surface area contributed by atoms with Gasteiger partial charge in [0.05, 0.1) is 5.60 Å². The zero-order valence-electron chi connectivity index (χ0n) is 14.2. The van der Waals surface area contributed by atoms with Crippen molar-refractivity contribution in [2.75, 3.05) is 6.61 Å². The Bertz CT molecular complexity index is 337. The van der Waals surface area contributed by atoms with E-state index in [1.807, 2.05) is 19.9 Å². The quantitative estimate of drug-likeness (QED) is 0.411. The molecule has 116 valence electrons. The first-order chi connectivity index (χ1) is 9.26. The van der Waals surface area contributed by atoms with E-state index in [2.05, 4.69) is 26.8 Å². The van der Waals surface area contributed by atoms with E-state index in [0.29, 0.717) is 5.92 Å². The fourth-order valence-corrected chi connectivity index (χ4v) is 2.31. The van der Waals surface area contributed by atoms with Crippen molar-refractivity contribution in [1.29, 1.82) is 0 Å². The second kappa shape index (κ2) is 9.93. The molecule has 0 bridgehead atoms. The van der Waals surface area contributed by atoms with Crippen molar-refractivity contribution in [3.05, 3.63) is 23.8 Å². The fourth-order valence-electron chi connectivity index (χ4n) is 2.31. The van der Waals surface area contributed by atoms with Gasteiger partial charge in [-0.1, -0.05) is 31.9 Å². The van der Waals surface area contributed by atoms with Crippen LogP contribution in [0.15, 0.2) is 23.8 Å². The standard InChI is InChI=1S/C18H32O2/c1-7-20-18(5,6)13-9-12-15(2)10-8-11-16(3)14-17(4)19/h8,11,14-15H,7,9-10,12-13H2,1-6H3/b11-8+,16-14+. The molecule has 0 amide bonds. The smallest absolute Gasteiger partial charge is 0.152 e. The molecule has 0 aromatic heterocycles. The Morgan fingerprint density at radius 1 is 1.30 bits per heavy atom. The van der Waals surface area contributed by atoms with Crippen LogP contribution < -0.4 is 0 Å². The second-order valence-electron chi connectivity index (χ2n) is 6.33. The largest absolute Gasteiger partial charge is 0.376 e. The maximum Gasteiger partial charge on any atom is 0.152 e. The first kappa shape index (κ1) is 19.1. The highest BCUT2D eigenvalue weighted by Gasteiger charge is 2.17. The average molecular weight is 280 g/mol. The molecule has 2 nitrogen and oxygen atoms in total. The molecule has 0 heterocycles. The van der Waals surface area contributed by atoms with Gasteiger partial charge in [0.15, 0.2) is 5.78 Å². The third-order valence-electron chi connectivity index (χ3n) is 3.36. The lowest BCUT2D eigenvalue weighted by Gasteiger charge is -2.25. The summed E-state index contributed by atoms with van der Waals surface area (Å²) in [6.07, 6.45) is 10.5. The number of ether oxygens (including phenoxy) is 1. The lowest BCUT2D eigenvalue weighted by atomic mass is 9.94. The number of carbonyl (C=O) groups excluding carboxylic acids is 1. The molecule has 0 aliphatic rings. The molecule has 0 spiro atoms. The molecule has 0 aromatic rings. The maximum absolute atomic E-state index is 10.9. The summed E-state index contributed by atoms with van der Waals surface area (Å²) in [7, 11) is 0. The van der Waals surface area contributed by atoms with E-state index in [9.17, 15) is 4.79 Å². The van der Waals surface area contributed by atoms with Gasteiger partial charge in [0.25, 0.3) is 0 Å². The zero-order chi connectivity index (χ0) is 15.6. The first-order valence-electron chi connectivity index (χ1n) is 7.76. The van der Waals surface area contributed by atoms with Crippen molar-refractivity contribution < 1.29 is 9.53 Å². The van der Waals surface area contributed by atoms with Gasteiger partial charge in [-0.15, -0.1) is 0 Å². The Kier molecular flexibility index (Phi) is 9.49. The Labute approximate surface area is 125 Å². The number of carbonyl (C=O) groups is 1. The molecule has 1 atom stereocenters. The molecule has 0 aliphatic heterocycles. The minimum absolute atomic E-state index is 0.00508. The number of ketones is 1. The summed E-state index contributed by atoms with van der Waals surface area (Å²) < 4.78 is 5.71. The minimum atomic E-state index is 0.00508.